The predicted molar refractivity (Wildman–Crippen MR) is 20.9 cm³/mol. The Labute approximate surface area is 76.1 Å². The molecule has 0 unspecified atom stereocenters. The fraction of sp³-hybridized carbons (Fsp3) is 0. The summed E-state index contributed by atoms with van der Waals surface area (Å²) in [5, 5.41) is 0. The van der Waals surface area contributed by atoms with Gasteiger partial charge in [0.2, 0.25) is 0 Å². The van der Waals surface area contributed by atoms with Crippen LogP contribution in [0.1, 0.15) is 0 Å². The molecule has 0 aliphatic carbocycles. The van der Waals surface area contributed by atoms with Crippen molar-refractivity contribution in [3.63, 3.8) is 0 Å². The summed E-state index contributed by atoms with van der Waals surface area (Å²) in [6, 6.07) is 0. The van der Waals surface area contributed by atoms with Crippen molar-refractivity contribution in [3.05, 3.63) is 0 Å². The maximum atomic E-state index is 8.52. The molecule has 0 saturated heterocycles. The normalized spacial score (nSPS) is 10.5. The summed E-state index contributed by atoms with van der Waals surface area (Å²) in [5.41, 5.74) is 0. The van der Waals surface area contributed by atoms with Crippen molar-refractivity contribution in [2.75, 3.05) is 0 Å². The molecule has 0 aromatic carbocycles. The molecule has 0 rings (SSSR count). The van der Waals surface area contributed by atoms with Gasteiger partial charge in [-0.2, -0.15) is 0 Å². The van der Waals surface area contributed by atoms with Crippen molar-refractivity contribution in [3.8, 4) is 0 Å². The van der Waals surface area contributed by atoms with Crippen molar-refractivity contribution >= 4 is 20.8 Å². The van der Waals surface area contributed by atoms with Crippen LogP contribution in [0.2, 0.25) is 0 Å². The Hall–Kier alpha value is 0.389. The topological polar surface area (TPSA) is 161 Å². The summed E-state index contributed by atoms with van der Waals surface area (Å²) in [5.74, 6) is 0. The van der Waals surface area contributed by atoms with Crippen LogP contribution in [0.5, 0.6) is 0 Å². The van der Waals surface area contributed by atoms with Crippen LogP contribution in [0, 0.1) is 0 Å². The van der Waals surface area contributed by atoms with Crippen molar-refractivity contribution in [1.29, 1.82) is 0 Å². The minimum Gasteiger partial charge on any atom is -0.759 e. The summed E-state index contributed by atoms with van der Waals surface area (Å²) in [4.78, 5) is 0. The van der Waals surface area contributed by atoms with E-state index in [0.29, 0.717) is 0 Å². The summed E-state index contributed by atoms with van der Waals surface area (Å²) in [6.07, 6.45) is 0. The average Bonchev–Trinajstić information content (AvgIpc) is 1.12. The van der Waals surface area contributed by atoms with Crippen LogP contribution in [-0.2, 0) is 40.9 Å². The number of hydrogen-bond donors (Lipinski definition) is 0. The van der Waals surface area contributed by atoms with Crippen molar-refractivity contribution in [2.45, 2.75) is 0 Å². The minimum absolute atomic E-state index is 0. The van der Waals surface area contributed by atoms with E-state index in [1.54, 1.807) is 0 Å². The fourth-order valence-electron chi connectivity index (χ4n) is 0. The van der Waals surface area contributed by atoms with Gasteiger partial charge in [0.1, 0.15) is 0 Å². The molecule has 0 N–H and O–H groups in total. The Kier molecular flexibility index (Phi) is 9.48. The molecule has 0 aromatic rings. The van der Waals surface area contributed by atoms with Crippen LogP contribution in [-0.4, -0.2) is 35.0 Å². The molecular weight excluding hydrogens is 384 g/mol. The zero-order chi connectivity index (χ0) is 9.00. The molecule has 8 nitrogen and oxygen atoms in total. The molecule has 0 amide bonds. The van der Waals surface area contributed by atoms with E-state index in [1.807, 2.05) is 0 Å². The van der Waals surface area contributed by atoms with Crippen LogP contribution in [0.3, 0.4) is 0 Å². The fourth-order valence-corrected chi connectivity index (χ4v) is 0. The van der Waals surface area contributed by atoms with Gasteiger partial charge >= 0.3 is 20.1 Å². The first-order valence-electron chi connectivity index (χ1n) is 1.33. The second-order valence-corrected chi connectivity index (χ2v) is 2.45. The molecule has 0 saturated carbocycles. The molecular formula is IrO8S2. The van der Waals surface area contributed by atoms with Crippen LogP contribution in [0.4, 0.5) is 0 Å². The Morgan fingerprint density at radius 1 is 0.636 bits per heavy atom. The molecule has 0 aliphatic heterocycles. The molecule has 0 heterocycles. The molecule has 11 heavy (non-hydrogen) atoms. The monoisotopic (exact) mass is 385 g/mol. The largest absolute Gasteiger partial charge is 4.00 e. The van der Waals surface area contributed by atoms with Crippen LogP contribution in [0.15, 0.2) is 0 Å². The van der Waals surface area contributed by atoms with E-state index in [9.17, 15) is 0 Å². The van der Waals surface area contributed by atoms with Gasteiger partial charge in [0.05, 0.1) is 0 Å². The third-order valence-corrected chi connectivity index (χ3v) is 0. The standard InChI is InChI=1S/Ir.2H2O4S/c;2*1-5(2,3)4/h;2*(H2,1,2,3,4)/q+4;;/p-4. The maximum absolute atomic E-state index is 8.52. The van der Waals surface area contributed by atoms with Gasteiger partial charge in [-0.15, -0.1) is 0 Å². The first-order chi connectivity index (χ1) is 4.00. The molecule has 0 fully saturated rings. The maximum Gasteiger partial charge on any atom is 4.00 e. The smallest absolute Gasteiger partial charge is 0.759 e. The minimum atomic E-state index is -5.17. The molecule has 0 aromatic heterocycles. The van der Waals surface area contributed by atoms with E-state index in [-0.39, 0.29) is 20.1 Å². The zero-order valence-corrected chi connectivity index (χ0v) is 8.44. The Morgan fingerprint density at radius 2 is 0.636 bits per heavy atom. The average molecular weight is 384 g/mol. The van der Waals surface area contributed by atoms with Gasteiger partial charge in [0, 0.05) is 20.8 Å². The van der Waals surface area contributed by atoms with Gasteiger partial charge in [-0.25, -0.2) is 0 Å². The van der Waals surface area contributed by atoms with Gasteiger partial charge < -0.3 is 18.2 Å². The second kappa shape index (κ2) is 5.97. The van der Waals surface area contributed by atoms with Gasteiger partial charge in [0.25, 0.3) is 0 Å². The van der Waals surface area contributed by atoms with Gasteiger partial charge in [0.15, 0.2) is 0 Å². The number of rotatable bonds is 0. The van der Waals surface area contributed by atoms with E-state index in [1.165, 1.54) is 0 Å². The predicted octanol–water partition coefficient (Wildman–Crippen LogP) is -2.68. The molecule has 0 aliphatic rings. The van der Waals surface area contributed by atoms with Crippen molar-refractivity contribution in [1.82, 2.24) is 0 Å². The molecule has 1 radical (unpaired) electrons. The van der Waals surface area contributed by atoms with E-state index < -0.39 is 20.8 Å². The number of hydrogen-bond acceptors (Lipinski definition) is 8. The van der Waals surface area contributed by atoms with Gasteiger partial charge in [-0.1, -0.05) is 0 Å². The SMILES string of the molecule is O=S(=O)([O-])[O-].O=S(=O)([O-])[O-].[Ir+4]. The van der Waals surface area contributed by atoms with Gasteiger partial charge in [-0.3, -0.25) is 16.8 Å². The molecule has 0 bridgehead atoms. The van der Waals surface area contributed by atoms with E-state index in [0.717, 1.165) is 0 Å². The summed E-state index contributed by atoms with van der Waals surface area (Å²) in [7, 11) is -10.3. The zero-order valence-electron chi connectivity index (χ0n) is 4.42. The summed E-state index contributed by atoms with van der Waals surface area (Å²) in [6.45, 7) is 0. The quantitative estimate of drug-likeness (QED) is 0.322. The van der Waals surface area contributed by atoms with Crippen molar-refractivity contribution in [2.24, 2.45) is 0 Å². The third kappa shape index (κ3) is 4820. The Bertz CT molecular complexity index is 208. The van der Waals surface area contributed by atoms with Crippen molar-refractivity contribution < 1.29 is 55.2 Å². The molecule has 0 spiro atoms. The molecule has 0 atom stereocenters. The summed E-state index contributed by atoms with van der Waals surface area (Å²) >= 11 is 0. The Morgan fingerprint density at radius 3 is 0.636 bits per heavy atom. The van der Waals surface area contributed by atoms with E-state index in [2.05, 4.69) is 0 Å². The van der Waals surface area contributed by atoms with Crippen LogP contribution >= 0.6 is 0 Å². The van der Waals surface area contributed by atoms with E-state index >= 15 is 0 Å². The second-order valence-electron chi connectivity index (χ2n) is 0.816. The third-order valence-electron chi connectivity index (χ3n) is 0. The van der Waals surface area contributed by atoms with Gasteiger partial charge in [-0.05, 0) is 0 Å². The first kappa shape index (κ1) is 17.5. The Balaban J connectivity index is -0.000000107. The van der Waals surface area contributed by atoms with E-state index in [4.69, 9.17) is 35.0 Å². The van der Waals surface area contributed by atoms with Crippen LogP contribution in [0.25, 0.3) is 0 Å². The molecule has 11 heteroatoms. The molecule has 69 valence electrons. The van der Waals surface area contributed by atoms with Crippen LogP contribution < -0.4 is 0 Å². The summed E-state index contributed by atoms with van der Waals surface area (Å²) < 4.78 is 68.2. The first-order valence-corrected chi connectivity index (χ1v) is 4.00.